The number of Topliss-reactive ketones (excluding diaryl/α,β-unsaturated/α-hetero) is 1. The van der Waals surface area contributed by atoms with Crippen molar-refractivity contribution in [1.29, 1.82) is 0 Å². The average molecular weight is 305 g/mol. The maximum atomic E-state index is 13.0. The quantitative estimate of drug-likeness (QED) is 0.822. The van der Waals surface area contributed by atoms with Crippen molar-refractivity contribution in [3.8, 4) is 0 Å². The maximum Gasteiger partial charge on any atom is 0.147 e. The first-order chi connectivity index (χ1) is 7.47. The maximum absolute atomic E-state index is 13.0. The fraction of sp³-hybridized carbons (Fsp3) is 0.417. The summed E-state index contributed by atoms with van der Waals surface area (Å²) in [6, 6.07) is 4.57. The molecule has 0 fully saturated rings. The van der Waals surface area contributed by atoms with Gasteiger partial charge in [-0.1, -0.05) is 29.8 Å². The Morgan fingerprint density at radius 3 is 2.69 bits per heavy atom. The summed E-state index contributed by atoms with van der Waals surface area (Å²) in [6.07, 6.45) is 0.302. The minimum Gasteiger partial charge on any atom is -0.298 e. The van der Waals surface area contributed by atoms with Crippen LogP contribution in [-0.4, -0.2) is 16.8 Å². The highest BCUT2D eigenvalue weighted by atomic mass is 79.9. The number of halogens is 2. The summed E-state index contributed by atoms with van der Waals surface area (Å²) in [5.74, 6) is 0.316. The van der Waals surface area contributed by atoms with Gasteiger partial charge in [0.05, 0.1) is 5.75 Å². The van der Waals surface area contributed by atoms with E-state index in [1.54, 1.807) is 17.8 Å². The fourth-order valence-electron chi connectivity index (χ4n) is 1.25. The van der Waals surface area contributed by atoms with Crippen LogP contribution in [0.2, 0.25) is 0 Å². The summed E-state index contributed by atoms with van der Waals surface area (Å²) in [7, 11) is 0. The molecule has 0 amide bonds. The minimum atomic E-state index is -0.311. The lowest BCUT2D eigenvalue weighted by atomic mass is 10.1. The molecule has 0 aliphatic carbocycles. The van der Waals surface area contributed by atoms with Gasteiger partial charge in [0, 0.05) is 10.9 Å². The smallest absolute Gasteiger partial charge is 0.147 e. The van der Waals surface area contributed by atoms with Crippen LogP contribution in [0.3, 0.4) is 0 Å². The van der Waals surface area contributed by atoms with E-state index < -0.39 is 0 Å². The van der Waals surface area contributed by atoms with Crippen molar-refractivity contribution in [3.63, 3.8) is 0 Å². The number of ketones is 1. The van der Waals surface area contributed by atoms with Crippen molar-refractivity contribution in [2.75, 3.05) is 5.75 Å². The zero-order valence-electron chi connectivity index (χ0n) is 9.30. The van der Waals surface area contributed by atoms with Gasteiger partial charge in [-0.3, -0.25) is 4.79 Å². The molecule has 4 heteroatoms. The van der Waals surface area contributed by atoms with Crippen LogP contribution in [0, 0.1) is 5.82 Å². The first-order valence-electron chi connectivity index (χ1n) is 5.05. The van der Waals surface area contributed by atoms with Crippen molar-refractivity contribution >= 4 is 33.5 Å². The van der Waals surface area contributed by atoms with E-state index in [1.165, 1.54) is 12.1 Å². The summed E-state index contributed by atoms with van der Waals surface area (Å²) in [5.41, 5.74) is 0.723. The molecule has 0 aliphatic heterocycles. The van der Waals surface area contributed by atoms with Gasteiger partial charge in [0.15, 0.2) is 0 Å². The highest BCUT2D eigenvalue weighted by molar-refractivity contribution is 9.10. The van der Waals surface area contributed by atoms with Crippen molar-refractivity contribution in [3.05, 3.63) is 34.1 Å². The van der Waals surface area contributed by atoms with Crippen LogP contribution >= 0.6 is 27.7 Å². The number of carbonyl (C=O) groups is 1. The zero-order chi connectivity index (χ0) is 12.1. The third-order valence-corrected chi connectivity index (χ3v) is 3.51. The van der Waals surface area contributed by atoms with Crippen molar-refractivity contribution in [2.45, 2.75) is 25.5 Å². The monoisotopic (exact) mass is 304 g/mol. The number of hydrogen-bond donors (Lipinski definition) is 0. The lowest BCUT2D eigenvalue weighted by Gasteiger charge is -2.05. The predicted octanol–water partition coefficient (Wildman–Crippen LogP) is 3.84. The Hall–Kier alpha value is -0.350. The van der Waals surface area contributed by atoms with E-state index >= 15 is 0 Å². The van der Waals surface area contributed by atoms with Gasteiger partial charge in [0.1, 0.15) is 11.6 Å². The van der Waals surface area contributed by atoms with E-state index in [-0.39, 0.29) is 11.6 Å². The van der Waals surface area contributed by atoms with Gasteiger partial charge in [-0.25, -0.2) is 4.39 Å². The molecule has 1 rings (SSSR count). The fourth-order valence-corrected chi connectivity index (χ4v) is 2.39. The topological polar surface area (TPSA) is 17.1 Å². The van der Waals surface area contributed by atoms with E-state index in [0.29, 0.717) is 21.9 Å². The van der Waals surface area contributed by atoms with Gasteiger partial charge in [-0.2, -0.15) is 11.8 Å². The van der Waals surface area contributed by atoms with Gasteiger partial charge in [-0.05, 0) is 29.0 Å². The van der Waals surface area contributed by atoms with E-state index in [4.69, 9.17) is 0 Å². The number of hydrogen-bond acceptors (Lipinski definition) is 2. The lowest BCUT2D eigenvalue weighted by Crippen LogP contribution is -2.08. The highest BCUT2D eigenvalue weighted by Gasteiger charge is 2.07. The first kappa shape index (κ1) is 13.7. The molecule has 0 N–H and O–H groups in total. The van der Waals surface area contributed by atoms with Crippen LogP contribution in [0.1, 0.15) is 19.4 Å². The Balaban J connectivity index is 2.56. The number of thioether (sulfide) groups is 1. The molecule has 0 aliphatic rings. The van der Waals surface area contributed by atoms with Crippen LogP contribution in [0.4, 0.5) is 4.39 Å². The SMILES string of the molecule is CC(C)SCC(=O)Cc1cc(F)cc(Br)c1. The molecule has 0 spiro atoms. The molecule has 0 atom stereocenters. The molecule has 0 saturated carbocycles. The Morgan fingerprint density at radius 1 is 1.44 bits per heavy atom. The molecule has 0 saturated heterocycles. The van der Waals surface area contributed by atoms with E-state index in [9.17, 15) is 9.18 Å². The number of rotatable bonds is 5. The van der Waals surface area contributed by atoms with Gasteiger partial charge < -0.3 is 0 Å². The molecule has 1 aromatic carbocycles. The third kappa shape index (κ3) is 5.12. The van der Waals surface area contributed by atoms with Crippen LogP contribution in [0.15, 0.2) is 22.7 Å². The molecule has 0 heterocycles. The van der Waals surface area contributed by atoms with E-state index in [1.807, 2.05) is 0 Å². The van der Waals surface area contributed by atoms with Gasteiger partial charge in [0.25, 0.3) is 0 Å². The van der Waals surface area contributed by atoms with Crippen LogP contribution in [0.5, 0.6) is 0 Å². The molecule has 0 unspecified atom stereocenters. The Morgan fingerprint density at radius 2 is 2.12 bits per heavy atom. The summed E-state index contributed by atoms with van der Waals surface area (Å²) < 4.78 is 13.7. The summed E-state index contributed by atoms with van der Waals surface area (Å²) >= 11 is 4.82. The van der Waals surface area contributed by atoms with Crippen LogP contribution in [0.25, 0.3) is 0 Å². The summed E-state index contributed by atoms with van der Waals surface area (Å²) in [6.45, 7) is 4.10. The molecule has 88 valence electrons. The molecule has 1 nitrogen and oxygen atoms in total. The Kier molecular flexibility index (Phi) is 5.49. The van der Waals surface area contributed by atoms with Crippen molar-refractivity contribution < 1.29 is 9.18 Å². The second-order valence-corrected chi connectivity index (χ2v) is 6.33. The molecule has 0 radical (unpaired) electrons. The Labute approximate surface area is 108 Å². The van der Waals surface area contributed by atoms with Gasteiger partial charge in [0.2, 0.25) is 0 Å². The van der Waals surface area contributed by atoms with Crippen molar-refractivity contribution in [2.24, 2.45) is 0 Å². The van der Waals surface area contributed by atoms with E-state index in [0.717, 1.165) is 5.56 Å². The van der Waals surface area contributed by atoms with Crippen molar-refractivity contribution in [1.82, 2.24) is 0 Å². The normalized spacial score (nSPS) is 10.8. The second kappa shape index (κ2) is 6.40. The molecule has 1 aromatic rings. The average Bonchev–Trinajstić information content (AvgIpc) is 2.12. The molecular weight excluding hydrogens is 291 g/mol. The lowest BCUT2D eigenvalue weighted by molar-refractivity contribution is -0.116. The third-order valence-electron chi connectivity index (χ3n) is 1.90. The Bertz CT molecular complexity index is 359. The molecule has 0 aromatic heterocycles. The van der Waals surface area contributed by atoms with Crippen LogP contribution in [-0.2, 0) is 11.2 Å². The molecular formula is C12H14BrFOS. The first-order valence-corrected chi connectivity index (χ1v) is 6.90. The minimum absolute atomic E-state index is 0.135. The molecule has 16 heavy (non-hydrogen) atoms. The summed E-state index contributed by atoms with van der Waals surface area (Å²) in [4.78, 5) is 11.6. The van der Waals surface area contributed by atoms with Crippen LogP contribution < -0.4 is 0 Å². The standard InChI is InChI=1S/C12H14BrFOS/c1-8(2)16-7-12(15)5-9-3-10(13)6-11(14)4-9/h3-4,6,8H,5,7H2,1-2H3. The largest absolute Gasteiger partial charge is 0.298 e. The van der Waals surface area contributed by atoms with E-state index in [2.05, 4.69) is 29.8 Å². The van der Waals surface area contributed by atoms with Gasteiger partial charge >= 0.3 is 0 Å². The van der Waals surface area contributed by atoms with Gasteiger partial charge in [-0.15, -0.1) is 0 Å². The summed E-state index contributed by atoms with van der Waals surface area (Å²) in [5, 5.41) is 0.447. The zero-order valence-corrected chi connectivity index (χ0v) is 11.7. The molecule has 0 bridgehead atoms. The predicted molar refractivity (Wildman–Crippen MR) is 70.4 cm³/mol. The second-order valence-electron chi connectivity index (χ2n) is 3.85. The number of benzene rings is 1. The highest BCUT2D eigenvalue weighted by Crippen LogP contribution is 2.16. The number of carbonyl (C=O) groups excluding carboxylic acids is 1.